The van der Waals surface area contributed by atoms with Gasteiger partial charge < -0.3 is 0 Å². The summed E-state index contributed by atoms with van der Waals surface area (Å²) in [6, 6.07) is 0. The molecule has 0 spiro atoms. The Balaban J connectivity index is 3.10. The minimum Gasteiger partial charge on any atom is -0.270 e. The fourth-order valence-electron chi connectivity index (χ4n) is 1.64. The van der Waals surface area contributed by atoms with Gasteiger partial charge in [0.1, 0.15) is 0 Å². The number of carbonyl (C=O) groups excluding carboxylic acids is 2. The first-order valence-electron chi connectivity index (χ1n) is 5.16. The highest BCUT2D eigenvalue weighted by Gasteiger charge is 2.41. The van der Waals surface area contributed by atoms with Gasteiger partial charge in [0.25, 0.3) is 11.8 Å². The predicted molar refractivity (Wildman–Crippen MR) is 59.1 cm³/mol. The lowest BCUT2D eigenvalue weighted by Crippen LogP contribution is -2.46. The van der Waals surface area contributed by atoms with Crippen LogP contribution in [0, 0.1) is 5.41 Å². The summed E-state index contributed by atoms with van der Waals surface area (Å²) in [6.07, 6.45) is 1.47. The Kier molecular flexibility index (Phi) is 2.54. The van der Waals surface area contributed by atoms with Gasteiger partial charge in [-0.2, -0.15) is 0 Å². The molecule has 0 atom stereocenters. The van der Waals surface area contributed by atoms with Crippen molar-refractivity contribution in [1.82, 2.24) is 4.90 Å². The predicted octanol–water partition coefficient (Wildman–Crippen LogP) is 2.13. The van der Waals surface area contributed by atoms with Crippen LogP contribution in [0.2, 0.25) is 0 Å². The van der Waals surface area contributed by atoms with E-state index in [1.165, 1.54) is 11.0 Å². The Morgan fingerprint density at radius 1 is 1.00 bits per heavy atom. The van der Waals surface area contributed by atoms with Crippen LogP contribution in [0.5, 0.6) is 0 Å². The molecule has 84 valence electrons. The lowest BCUT2D eigenvalue weighted by Gasteiger charge is -2.31. The number of amides is 2. The fourth-order valence-corrected chi connectivity index (χ4v) is 1.64. The van der Waals surface area contributed by atoms with Gasteiger partial charge in [-0.15, -0.1) is 0 Å². The molecule has 0 N–H and O–H groups in total. The van der Waals surface area contributed by atoms with Crippen LogP contribution in [-0.2, 0) is 9.59 Å². The standard InChI is InChI=1S/C12H19NO2/c1-11(2,3)8-7-9(14)13(10(8)15)12(4,5)6/h7H,1-6H3. The van der Waals surface area contributed by atoms with Crippen LogP contribution in [0.4, 0.5) is 0 Å². The molecule has 1 aliphatic rings. The molecule has 1 rings (SSSR count). The first-order valence-corrected chi connectivity index (χ1v) is 5.16. The number of hydrogen-bond acceptors (Lipinski definition) is 2. The topological polar surface area (TPSA) is 37.4 Å². The van der Waals surface area contributed by atoms with Gasteiger partial charge in [0.2, 0.25) is 0 Å². The van der Waals surface area contributed by atoms with Crippen molar-refractivity contribution < 1.29 is 9.59 Å². The summed E-state index contributed by atoms with van der Waals surface area (Å²) in [7, 11) is 0. The van der Waals surface area contributed by atoms with Gasteiger partial charge in [0.15, 0.2) is 0 Å². The molecule has 0 aromatic rings. The van der Waals surface area contributed by atoms with Crippen LogP contribution in [0.3, 0.4) is 0 Å². The molecule has 0 fully saturated rings. The normalized spacial score (nSPS) is 18.5. The van der Waals surface area contributed by atoms with Crippen molar-refractivity contribution in [2.75, 3.05) is 0 Å². The molecular formula is C12H19NO2. The quantitative estimate of drug-likeness (QED) is 0.573. The van der Waals surface area contributed by atoms with E-state index in [9.17, 15) is 9.59 Å². The Morgan fingerprint density at radius 2 is 1.47 bits per heavy atom. The Morgan fingerprint density at radius 3 is 1.67 bits per heavy atom. The smallest absolute Gasteiger partial charge is 0.257 e. The largest absolute Gasteiger partial charge is 0.270 e. The number of imide groups is 1. The Bertz CT molecular complexity index is 340. The van der Waals surface area contributed by atoms with Crippen molar-refractivity contribution in [2.45, 2.75) is 47.1 Å². The van der Waals surface area contributed by atoms with Crippen LogP contribution < -0.4 is 0 Å². The first kappa shape index (κ1) is 12.0. The highest BCUT2D eigenvalue weighted by atomic mass is 16.2. The van der Waals surface area contributed by atoms with E-state index in [4.69, 9.17) is 0 Å². The molecule has 1 heterocycles. The monoisotopic (exact) mass is 209 g/mol. The molecule has 3 heteroatoms. The summed E-state index contributed by atoms with van der Waals surface area (Å²) in [5, 5.41) is 0. The molecule has 2 amide bonds. The van der Waals surface area contributed by atoms with Crippen molar-refractivity contribution in [3.05, 3.63) is 11.6 Å². The molecule has 0 aromatic carbocycles. The first-order chi connectivity index (χ1) is 6.55. The molecule has 0 saturated carbocycles. The van der Waals surface area contributed by atoms with Crippen LogP contribution in [-0.4, -0.2) is 22.3 Å². The van der Waals surface area contributed by atoms with Gasteiger partial charge in [-0.3, -0.25) is 14.5 Å². The van der Waals surface area contributed by atoms with Crippen LogP contribution in [0.15, 0.2) is 11.6 Å². The molecule has 0 aromatic heterocycles. The van der Waals surface area contributed by atoms with Gasteiger partial charge in [0, 0.05) is 17.2 Å². The molecule has 0 unspecified atom stereocenters. The van der Waals surface area contributed by atoms with Crippen LogP contribution in [0.1, 0.15) is 41.5 Å². The Hall–Kier alpha value is -1.12. The van der Waals surface area contributed by atoms with E-state index in [1.54, 1.807) is 0 Å². The maximum atomic E-state index is 12.0. The molecule has 0 radical (unpaired) electrons. The van der Waals surface area contributed by atoms with E-state index in [1.807, 2.05) is 41.5 Å². The van der Waals surface area contributed by atoms with Gasteiger partial charge in [-0.25, -0.2) is 0 Å². The highest BCUT2D eigenvalue weighted by molar-refractivity contribution is 6.17. The van der Waals surface area contributed by atoms with E-state index >= 15 is 0 Å². The van der Waals surface area contributed by atoms with Crippen molar-refractivity contribution in [3.63, 3.8) is 0 Å². The zero-order valence-corrected chi connectivity index (χ0v) is 10.3. The fraction of sp³-hybridized carbons (Fsp3) is 0.667. The second kappa shape index (κ2) is 3.19. The molecule has 0 bridgehead atoms. The molecule has 1 aliphatic heterocycles. The second-order valence-corrected chi connectivity index (χ2v) is 5.96. The summed E-state index contributed by atoms with van der Waals surface area (Å²) in [5.41, 5.74) is -0.118. The van der Waals surface area contributed by atoms with Crippen molar-refractivity contribution >= 4 is 11.8 Å². The zero-order valence-electron chi connectivity index (χ0n) is 10.3. The lowest BCUT2D eigenvalue weighted by molar-refractivity contribution is -0.142. The summed E-state index contributed by atoms with van der Waals surface area (Å²) in [6.45, 7) is 11.4. The Labute approximate surface area is 91.1 Å². The average Bonchev–Trinajstić information content (AvgIpc) is 2.22. The summed E-state index contributed by atoms with van der Waals surface area (Å²) < 4.78 is 0. The van der Waals surface area contributed by atoms with Gasteiger partial charge in [0.05, 0.1) is 0 Å². The van der Waals surface area contributed by atoms with Crippen molar-refractivity contribution in [3.8, 4) is 0 Å². The number of carbonyl (C=O) groups is 2. The number of rotatable bonds is 0. The maximum Gasteiger partial charge on any atom is 0.257 e. The van der Waals surface area contributed by atoms with E-state index in [0.29, 0.717) is 5.57 Å². The number of hydrogen-bond donors (Lipinski definition) is 0. The minimum atomic E-state index is -0.447. The van der Waals surface area contributed by atoms with Gasteiger partial charge >= 0.3 is 0 Å². The third-order valence-corrected chi connectivity index (χ3v) is 2.40. The van der Waals surface area contributed by atoms with Crippen molar-refractivity contribution in [1.29, 1.82) is 0 Å². The van der Waals surface area contributed by atoms with E-state index in [-0.39, 0.29) is 17.2 Å². The lowest BCUT2D eigenvalue weighted by atomic mass is 9.86. The maximum absolute atomic E-state index is 12.0. The van der Waals surface area contributed by atoms with Crippen LogP contribution in [0.25, 0.3) is 0 Å². The minimum absolute atomic E-state index is 0.153. The third-order valence-electron chi connectivity index (χ3n) is 2.40. The summed E-state index contributed by atoms with van der Waals surface area (Å²) >= 11 is 0. The molecule has 0 aliphatic carbocycles. The average molecular weight is 209 g/mol. The summed E-state index contributed by atoms with van der Waals surface area (Å²) in [4.78, 5) is 25.1. The third kappa shape index (κ3) is 2.11. The molecule has 3 nitrogen and oxygen atoms in total. The SMILES string of the molecule is CC(C)(C)C1=CC(=O)N(C(C)(C)C)C1=O. The zero-order chi connectivity index (χ0) is 12.0. The summed E-state index contributed by atoms with van der Waals surface area (Å²) in [5.74, 6) is -0.350. The van der Waals surface area contributed by atoms with Crippen molar-refractivity contribution in [2.24, 2.45) is 5.41 Å². The van der Waals surface area contributed by atoms with Gasteiger partial charge in [-0.1, -0.05) is 20.8 Å². The van der Waals surface area contributed by atoms with E-state index < -0.39 is 5.54 Å². The van der Waals surface area contributed by atoms with E-state index in [2.05, 4.69) is 0 Å². The number of nitrogens with zero attached hydrogens (tertiary/aromatic N) is 1. The van der Waals surface area contributed by atoms with Crippen LogP contribution >= 0.6 is 0 Å². The highest BCUT2D eigenvalue weighted by Crippen LogP contribution is 2.33. The molecule has 15 heavy (non-hydrogen) atoms. The molecular weight excluding hydrogens is 190 g/mol. The van der Waals surface area contributed by atoms with Gasteiger partial charge in [-0.05, 0) is 26.2 Å². The molecule has 0 saturated heterocycles. The second-order valence-electron chi connectivity index (χ2n) is 5.96. The van der Waals surface area contributed by atoms with E-state index in [0.717, 1.165) is 0 Å².